The van der Waals surface area contributed by atoms with Crippen LogP contribution in [0.5, 0.6) is 5.75 Å². The van der Waals surface area contributed by atoms with Gasteiger partial charge in [0.15, 0.2) is 23.1 Å². The summed E-state index contributed by atoms with van der Waals surface area (Å²) < 4.78 is 25.2. The number of piperazine rings is 1. The zero-order valence-electron chi connectivity index (χ0n) is 27.9. The van der Waals surface area contributed by atoms with Gasteiger partial charge in [0.2, 0.25) is 5.43 Å². The number of oxime groups is 1. The van der Waals surface area contributed by atoms with Crippen molar-refractivity contribution in [2.24, 2.45) is 5.16 Å². The Bertz CT molecular complexity index is 2090. The van der Waals surface area contributed by atoms with Gasteiger partial charge in [-0.2, -0.15) is 0 Å². The molecule has 2 aromatic carbocycles. The molecule has 50 heavy (non-hydrogen) atoms. The molecule has 13 nitrogen and oxygen atoms in total. The van der Waals surface area contributed by atoms with E-state index in [0.29, 0.717) is 61.9 Å². The summed E-state index contributed by atoms with van der Waals surface area (Å²) in [7, 11) is 1.44. The summed E-state index contributed by atoms with van der Waals surface area (Å²) in [4.78, 5) is 47.6. The number of carbonyl (C=O) groups excluding carboxylic acids is 1. The van der Waals surface area contributed by atoms with Crippen LogP contribution in [0, 0.1) is 5.82 Å². The van der Waals surface area contributed by atoms with Crippen LogP contribution in [0.2, 0.25) is 5.02 Å². The predicted octanol–water partition coefficient (Wildman–Crippen LogP) is 4.64. The second-order valence-electron chi connectivity index (χ2n) is 13.0. The van der Waals surface area contributed by atoms with Crippen molar-refractivity contribution >= 4 is 45.7 Å². The lowest BCUT2D eigenvalue weighted by Gasteiger charge is -2.41. The Kier molecular flexibility index (Phi) is 9.07. The second kappa shape index (κ2) is 13.5. The number of ketones is 1. The van der Waals surface area contributed by atoms with Gasteiger partial charge in [0, 0.05) is 67.8 Å². The van der Waals surface area contributed by atoms with Gasteiger partial charge < -0.3 is 24.1 Å². The number of carbonyl (C=O) groups is 2. The first-order chi connectivity index (χ1) is 24.1. The molecule has 15 heteroatoms. The Morgan fingerprint density at radius 3 is 2.68 bits per heavy atom. The van der Waals surface area contributed by atoms with E-state index in [2.05, 4.69) is 27.3 Å². The zero-order valence-corrected chi connectivity index (χ0v) is 28.7. The minimum Gasteiger partial charge on any atom is -0.492 e. The number of aromatic nitrogens is 4. The minimum absolute atomic E-state index is 0.00352. The molecule has 1 N–H and O–H groups in total. The maximum Gasteiger partial charge on any atom is 0.341 e. The molecular weight excluding hydrogens is 669 g/mol. The number of carboxylic acid groups (broad SMARTS) is 1. The van der Waals surface area contributed by atoms with Crippen molar-refractivity contribution in [2.45, 2.75) is 64.2 Å². The van der Waals surface area contributed by atoms with Gasteiger partial charge in [0.25, 0.3) is 0 Å². The lowest BCUT2D eigenvalue weighted by Crippen LogP contribution is -2.51. The van der Waals surface area contributed by atoms with Crippen LogP contribution in [-0.4, -0.2) is 86.4 Å². The van der Waals surface area contributed by atoms with E-state index in [9.17, 15) is 19.5 Å². The third kappa shape index (κ3) is 6.10. The normalized spacial score (nSPS) is 20.1. The third-order valence-corrected chi connectivity index (χ3v) is 9.97. The molecule has 2 fully saturated rings. The largest absolute Gasteiger partial charge is 0.492 e. The molecule has 7 rings (SSSR count). The number of ether oxygens (including phenoxy) is 1. The molecule has 4 aromatic rings. The Morgan fingerprint density at radius 2 is 1.98 bits per heavy atom. The fourth-order valence-electron chi connectivity index (χ4n) is 7.13. The molecule has 3 aliphatic rings. The molecule has 3 heterocycles. The van der Waals surface area contributed by atoms with Crippen LogP contribution >= 0.6 is 11.6 Å². The van der Waals surface area contributed by atoms with Crippen molar-refractivity contribution in [1.29, 1.82) is 0 Å². The summed E-state index contributed by atoms with van der Waals surface area (Å²) in [5.41, 5.74) is 2.17. The Balaban J connectivity index is 1.05. The number of methoxy groups -OCH3 is 1. The Morgan fingerprint density at radius 1 is 1.18 bits per heavy atom. The van der Waals surface area contributed by atoms with Crippen molar-refractivity contribution in [3.8, 4) is 5.75 Å². The van der Waals surface area contributed by atoms with Crippen LogP contribution < -0.4 is 15.1 Å². The molecule has 1 saturated heterocycles. The number of pyridine rings is 1. The molecule has 0 bridgehead atoms. The number of rotatable bonds is 11. The Labute approximate surface area is 291 Å². The van der Waals surface area contributed by atoms with Crippen LogP contribution in [0.3, 0.4) is 0 Å². The summed E-state index contributed by atoms with van der Waals surface area (Å²) >= 11 is 6.22. The number of nitrogens with zero attached hydrogens (tertiary/aromatic N) is 7. The molecule has 1 aliphatic heterocycles. The van der Waals surface area contributed by atoms with Crippen LogP contribution in [0.15, 0.2) is 46.6 Å². The maximum absolute atomic E-state index is 15.9. The average Bonchev–Trinajstić information content (AvgIpc) is 3.78. The molecule has 2 aliphatic carbocycles. The zero-order chi connectivity index (χ0) is 35.3. The summed E-state index contributed by atoms with van der Waals surface area (Å²) in [5.74, 6) is -2.26. The van der Waals surface area contributed by atoms with Crippen molar-refractivity contribution in [2.75, 3.05) is 38.3 Å². The first-order valence-electron chi connectivity index (χ1n) is 16.7. The van der Waals surface area contributed by atoms with Gasteiger partial charge in [-0.05, 0) is 56.9 Å². The van der Waals surface area contributed by atoms with Crippen molar-refractivity contribution in [3.05, 3.63) is 80.1 Å². The van der Waals surface area contributed by atoms with E-state index in [-0.39, 0.29) is 46.0 Å². The lowest BCUT2D eigenvalue weighted by atomic mass is 9.97. The van der Waals surface area contributed by atoms with E-state index in [1.165, 1.54) is 13.3 Å². The monoisotopic (exact) mass is 705 g/mol. The predicted molar refractivity (Wildman–Crippen MR) is 184 cm³/mol. The quantitative estimate of drug-likeness (QED) is 0.219. The molecule has 0 radical (unpaired) electrons. The van der Waals surface area contributed by atoms with Gasteiger partial charge in [-0.25, -0.2) is 9.18 Å². The SMILES string of the molecule is CCO/N=C1\C(=O)C(CCn2cc(CN3CCN(c4c(F)cc5c(=O)c(C(=O)O)cn(C6CC6)c5c4OC)CC3C)nn2)c2ccc(Cl)cc21. The highest BCUT2D eigenvalue weighted by Crippen LogP contribution is 2.44. The maximum atomic E-state index is 15.9. The third-order valence-electron chi connectivity index (χ3n) is 9.73. The molecular formula is C35H37ClFN7O6. The number of anilines is 1. The number of halogens is 2. The fourth-order valence-corrected chi connectivity index (χ4v) is 7.31. The number of benzene rings is 2. The van der Waals surface area contributed by atoms with Gasteiger partial charge in [-0.3, -0.25) is 19.2 Å². The van der Waals surface area contributed by atoms with Crippen LogP contribution in [0.1, 0.15) is 72.2 Å². The topological polar surface area (TPSA) is 144 Å². The van der Waals surface area contributed by atoms with Gasteiger partial charge in [-0.15, -0.1) is 5.10 Å². The van der Waals surface area contributed by atoms with E-state index in [1.807, 2.05) is 17.2 Å². The van der Waals surface area contributed by atoms with E-state index in [1.54, 1.807) is 28.3 Å². The van der Waals surface area contributed by atoms with Crippen LogP contribution in [-0.2, 0) is 22.7 Å². The van der Waals surface area contributed by atoms with E-state index in [4.69, 9.17) is 21.2 Å². The standard InChI is InChI=1S/C35H37ClFN7O6/c1-4-50-39-29-25-13-20(36)5-8-23(25)24(33(29)46)9-10-43-17-21(38-40-43)16-41-11-12-42(15-19(41)2)31-28(37)14-26-30(34(31)49-3)44(22-6-7-22)18-27(32(26)45)35(47)48/h5,8,13-14,17-19,22,24H,4,6-7,9-12,15-16H2,1-3H3,(H,47,48)/b39-29-. The van der Waals surface area contributed by atoms with Crippen molar-refractivity contribution < 1.29 is 28.7 Å². The number of carboxylic acids is 1. The number of Topliss-reactive ketones (excluding diaryl/α,β-unsaturated/α-hetero) is 1. The highest BCUT2D eigenvalue weighted by Gasteiger charge is 2.37. The molecule has 1 saturated carbocycles. The summed E-state index contributed by atoms with van der Waals surface area (Å²) in [6, 6.07) is 6.55. The van der Waals surface area contributed by atoms with Crippen molar-refractivity contribution in [3.63, 3.8) is 0 Å². The molecule has 2 atom stereocenters. The van der Waals surface area contributed by atoms with E-state index < -0.39 is 23.1 Å². The molecule has 262 valence electrons. The highest BCUT2D eigenvalue weighted by atomic mass is 35.5. The summed E-state index contributed by atoms with van der Waals surface area (Å²) in [5, 5.41) is 22.9. The highest BCUT2D eigenvalue weighted by molar-refractivity contribution is 6.51. The molecule has 0 amide bonds. The van der Waals surface area contributed by atoms with Gasteiger partial charge in [-0.1, -0.05) is 28.0 Å². The van der Waals surface area contributed by atoms with Crippen LogP contribution in [0.25, 0.3) is 10.9 Å². The molecule has 2 unspecified atom stereocenters. The number of hydrogen-bond donors (Lipinski definition) is 1. The smallest absolute Gasteiger partial charge is 0.341 e. The minimum atomic E-state index is -1.35. The first kappa shape index (κ1) is 33.7. The first-order valence-corrected chi connectivity index (χ1v) is 17.1. The Hall–Kier alpha value is -4.82. The van der Waals surface area contributed by atoms with E-state index >= 15 is 4.39 Å². The van der Waals surface area contributed by atoms with E-state index in [0.717, 1.165) is 30.2 Å². The molecule has 2 aromatic heterocycles. The second-order valence-corrected chi connectivity index (χ2v) is 13.4. The average molecular weight is 706 g/mol. The summed E-state index contributed by atoms with van der Waals surface area (Å²) in [6.45, 7) is 6.77. The lowest BCUT2D eigenvalue weighted by molar-refractivity contribution is -0.114. The number of fused-ring (bicyclic) bond motifs is 2. The molecule has 0 spiro atoms. The number of hydrogen-bond acceptors (Lipinski definition) is 10. The van der Waals surface area contributed by atoms with Crippen LogP contribution in [0.4, 0.5) is 10.1 Å². The van der Waals surface area contributed by atoms with Crippen molar-refractivity contribution in [1.82, 2.24) is 24.5 Å². The van der Waals surface area contributed by atoms with Gasteiger partial charge in [0.1, 0.15) is 17.9 Å². The number of aromatic carboxylic acids is 1. The fraction of sp³-hybridized carbons (Fsp3) is 0.429. The summed E-state index contributed by atoms with van der Waals surface area (Å²) in [6.07, 6.45) is 5.41. The number of aryl methyl sites for hydroxylation is 1. The van der Waals surface area contributed by atoms with Gasteiger partial charge in [0.05, 0.1) is 29.6 Å². The van der Waals surface area contributed by atoms with Gasteiger partial charge >= 0.3 is 5.97 Å².